The molecule has 94 valence electrons. The first kappa shape index (κ1) is 14.6. The normalized spacial score (nSPS) is 10.5. The van der Waals surface area contributed by atoms with Gasteiger partial charge < -0.3 is 10.6 Å². The summed E-state index contributed by atoms with van der Waals surface area (Å²) >= 11 is 17.3. The first-order valence-corrected chi connectivity index (χ1v) is 6.57. The van der Waals surface area contributed by atoms with Crippen molar-refractivity contribution in [3.8, 4) is 0 Å². The summed E-state index contributed by atoms with van der Waals surface area (Å²) in [5, 5.41) is 7.99. The number of aryl methyl sites for hydroxylation is 1. The van der Waals surface area contributed by atoms with E-state index in [9.17, 15) is 0 Å². The van der Waals surface area contributed by atoms with E-state index in [0.29, 0.717) is 21.1 Å². The van der Waals surface area contributed by atoms with Crippen LogP contribution >= 0.6 is 35.4 Å². The third-order valence-electron chi connectivity index (χ3n) is 2.17. The van der Waals surface area contributed by atoms with E-state index in [1.54, 1.807) is 6.07 Å². The van der Waals surface area contributed by atoms with Crippen LogP contribution in [0, 0.1) is 12.8 Å². The fraction of sp³-hybridized carbons (Fsp3) is 0.417. The molecule has 0 aliphatic rings. The van der Waals surface area contributed by atoms with Gasteiger partial charge >= 0.3 is 0 Å². The van der Waals surface area contributed by atoms with Gasteiger partial charge in [0.25, 0.3) is 0 Å². The number of hydrogen-bond acceptors (Lipinski definition) is 1. The van der Waals surface area contributed by atoms with Crippen molar-refractivity contribution in [1.29, 1.82) is 0 Å². The summed E-state index contributed by atoms with van der Waals surface area (Å²) in [6.45, 7) is 6.97. The molecule has 0 unspecified atom stereocenters. The maximum atomic E-state index is 6.10. The SMILES string of the molecule is Cc1cc(Cl)c(NC(=S)NCC(C)C)cc1Cl. The number of nitrogens with one attached hydrogen (secondary N) is 2. The second-order valence-electron chi connectivity index (χ2n) is 4.31. The second-order valence-corrected chi connectivity index (χ2v) is 5.53. The highest BCUT2D eigenvalue weighted by molar-refractivity contribution is 7.80. The molecule has 0 radical (unpaired) electrons. The van der Waals surface area contributed by atoms with Crippen LogP contribution in [0.5, 0.6) is 0 Å². The lowest BCUT2D eigenvalue weighted by Gasteiger charge is -2.14. The number of benzene rings is 1. The zero-order valence-corrected chi connectivity index (χ0v) is 12.4. The Hall–Kier alpha value is -0.510. The third kappa shape index (κ3) is 4.70. The molecule has 1 aromatic rings. The predicted molar refractivity (Wildman–Crippen MR) is 80.3 cm³/mol. The highest BCUT2D eigenvalue weighted by atomic mass is 35.5. The monoisotopic (exact) mass is 290 g/mol. The number of thiocarbonyl (C=S) groups is 1. The summed E-state index contributed by atoms with van der Waals surface area (Å²) in [7, 11) is 0. The van der Waals surface area contributed by atoms with Crippen molar-refractivity contribution in [2.45, 2.75) is 20.8 Å². The number of hydrogen-bond donors (Lipinski definition) is 2. The van der Waals surface area contributed by atoms with Gasteiger partial charge in [0.05, 0.1) is 10.7 Å². The molecular weight excluding hydrogens is 275 g/mol. The molecule has 0 saturated heterocycles. The molecule has 1 rings (SSSR count). The molecule has 0 fully saturated rings. The average Bonchev–Trinajstić information content (AvgIpc) is 2.23. The van der Waals surface area contributed by atoms with Crippen molar-refractivity contribution in [2.75, 3.05) is 11.9 Å². The van der Waals surface area contributed by atoms with Gasteiger partial charge in [-0.3, -0.25) is 0 Å². The van der Waals surface area contributed by atoms with Crippen molar-refractivity contribution in [3.05, 3.63) is 27.7 Å². The average molecular weight is 291 g/mol. The molecule has 0 atom stereocenters. The Morgan fingerprint density at radius 2 is 1.94 bits per heavy atom. The topological polar surface area (TPSA) is 24.1 Å². The molecule has 5 heteroatoms. The van der Waals surface area contributed by atoms with Gasteiger partial charge in [0.2, 0.25) is 0 Å². The van der Waals surface area contributed by atoms with Crippen molar-refractivity contribution >= 4 is 46.2 Å². The molecule has 0 bridgehead atoms. The van der Waals surface area contributed by atoms with Gasteiger partial charge in [-0.2, -0.15) is 0 Å². The molecule has 0 aliphatic carbocycles. The molecule has 2 N–H and O–H groups in total. The summed E-state index contributed by atoms with van der Waals surface area (Å²) in [5.41, 5.74) is 1.67. The summed E-state index contributed by atoms with van der Waals surface area (Å²) in [6, 6.07) is 3.60. The smallest absolute Gasteiger partial charge is 0.170 e. The van der Waals surface area contributed by atoms with Crippen LogP contribution in [0.15, 0.2) is 12.1 Å². The van der Waals surface area contributed by atoms with Gasteiger partial charge in [0.1, 0.15) is 0 Å². The van der Waals surface area contributed by atoms with Crippen LogP contribution in [0.3, 0.4) is 0 Å². The minimum Gasteiger partial charge on any atom is -0.362 e. The van der Waals surface area contributed by atoms with Crippen LogP contribution in [0.25, 0.3) is 0 Å². The second kappa shape index (κ2) is 6.43. The Morgan fingerprint density at radius 3 is 2.53 bits per heavy atom. The number of halogens is 2. The van der Waals surface area contributed by atoms with Crippen LogP contribution < -0.4 is 10.6 Å². The Bertz CT molecular complexity index is 419. The number of rotatable bonds is 3. The summed E-state index contributed by atoms with van der Waals surface area (Å²) in [6.07, 6.45) is 0. The molecule has 0 aromatic heterocycles. The van der Waals surface area contributed by atoms with Crippen molar-refractivity contribution in [3.63, 3.8) is 0 Å². The van der Waals surface area contributed by atoms with Gasteiger partial charge in [0.15, 0.2) is 5.11 Å². The molecule has 17 heavy (non-hydrogen) atoms. The van der Waals surface area contributed by atoms with Gasteiger partial charge in [-0.25, -0.2) is 0 Å². The molecule has 2 nitrogen and oxygen atoms in total. The molecule has 0 amide bonds. The van der Waals surface area contributed by atoms with Crippen LogP contribution in [-0.2, 0) is 0 Å². The van der Waals surface area contributed by atoms with Crippen LogP contribution in [0.1, 0.15) is 19.4 Å². The highest BCUT2D eigenvalue weighted by Gasteiger charge is 2.06. The van der Waals surface area contributed by atoms with E-state index in [4.69, 9.17) is 35.4 Å². The largest absolute Gasteiger partial charge is 0.362 e. The molecule has 0 aliphatic heterocycles. The van der Waals surface area contributed by atoms with E-state index >= 15 is 0 Å². The minimum absolute atomic E-state index is 0.534. The highest BCUT2D eigenvalue weighted by Crippen LogP contribution is 2.28. The molecule has 1 aromatic carbocycles. The van der Waals surface area contributed by atoms with Gasteiger partial charge in [-0.1, -0.05) is 37.0 Å². The van der Waals surface area contributed by atoms with Crippen LogP contribution in [-0.4, -0.2) is 11.7 Å². The zero-order chi connectivity index (χ0) is 13.0. The van der Waals surface area contributed by atoms with E-state index in [-0.39, 0.29) is 0 Å². The van der Waals surface area contributed by atoms with Crippen molar-refractivity contribution in [1.82, 2.24) is 5.32 Å². The Morgan fingerprint density at radius 1 is 1.29 bits per heavy atom. The van der Waals surface area contributed by atoms with Gasteiger partial charge in [-0.15, -0.1) is 0 Å². The third-order valence-corrected chi connectivity index (χ3v) is 3.13. The maximum absolute atomic E-state index is 6.10. The first-order valence-electron chi connectivity index (χ1n) is 5.40. The molecule has 0 saturated carbocycles. The lowest BCUT2D eigenvalue weighted by atomic mass is 10.2. The zero-order valence-electron chi connectivity index (χ0n) is 10.1. The molecule has 0 heterocycles. The van der Waals surface area contributed by atoms with Crippen LogP contribution in [0.4, 0.5) is 5.69 Å². The summed E-state index contributed by atoms with van der Waals surface area (Å²) in [4.78, 5) is 0. The van der Waals surface area contributed by atoms with E-state index in [2.05, 4.69) is 24.5 Å². The standard InChI is InChI=1S/C12H16Cl2N2S/c1-7(2)6-15-12(17)16-11-5-9(13)8(3)4-10(11)14/h4-5,7H,6H2,1-3H3,(H2,15,16,17). The number of anilines is 1. The summed E-state index contributed by atoms with van der Waals surface area (Å²) < 4.78 is 0. The fourth-order valence-corrected chi connectivity index (χ4v) is 1.83. The quantitative estimate of drug-likeness (QED) is 0.814. The Balaban J connectivity index is 2.68. The van der Waals surface area contributed by atoms with E-state index in [1.165, 1.54) is 0 Å². The Kier molecular flexibility index (Phi) is 5.50. The minimum atomic E-state index is 0.534. The van der Waals surface area contributed by atoms with E-state index in [0.717, 1.165) is 17.8 Å². The summed E-state index contributed by atoms with van der Waals surface area (Å²) in [5.74, 6) is 0.534. The van der Waals surface area contributed by atoms with Gasteiger partial charge in [-0.05, 0) is 42.8 Å². The lowest BCUT2D eigenvalue weighted by Crippen LogP contribution is -2.31. The van der Waals surface area contributed by atoms with Crippen LogP contribution in [0.2, 0.25) is 10.0 Å². The Labute approximate surface area is 118 Å². The predicted octanol–water partition coefficient (Wildman–Crippen LogP) is 4.24. The van der Waals surface area contributed by atoms with Crippen molar-refractivity contribution in [2.24, 2.45) is 5.92 Å². The molecular formula is C12H16Cl2N2S. The lowest BCUT2D eigenvalue weighted by molar-refractivity contribution is 0.627. The fourth-order valence-electron chi connectivity index (χ4n) is 1.21. The molecule has 0 spiro atoms. The maximum Gasteiger partial charge on any atom is 0.170 e. The van der Waals surface area contributed by atoms with Crippen molar-refractivity contribution < 1.29 is 0 Å². The van der Waals surface area contributed by atoms with E-state index in [1.807, 2.05) is 13.0 Å². The first-order chi connectivity index (χ1) is 7.90. The van der Waals surface area contributed by atoms with Gasteiger partial charge in [0, 0.05) is 11.6 Å². The van der Waals surface area contributed by atoms with E-state index < -0.39 is 0 Å².